The van der Waals surface area contributed by atoms with Crippen LogP contribution < -0.4 is 5.32 Å². The van der Waals surface area contributed by atoms with Crippen LogP contribution in [0.25, 0.3) is 0 Å². The smallest absolute Gasteiger partial charge is 0.310 e. The lowest BCUT2D eigenvalue weighted by molar-refractivity contribution is -0.126. The maximum atomic E-state index is 12.8. The lowest BCUT2D eigenvalue weighted by atomic mass is 9.88. The summed E-state index contributed by atoms with van der Waals surface area (Å²) in [6.45, 7) is -0.172. The summed E-state index contributed by atoms with van der Waals surface area (Å²) >= 11 is 0. The zero-order chi connectivity index (χ0) is 16.9. The van der Waals surface area contributed by atoms with Crippen LogP contribution in [0.15, 0.2) is 29.2 Å². The van der Waals surface area contributed by atoms with E-state index in [-0.39, 0.29) is 23.9 Å². The highest BCUT2D eigenvalue weighted by molar-refractivity contribution is 8.45. The molecule has 1 unspecified atom stereocenters. The summed E-state index contributed by atoms with van der Waals surface area (Å²) in [4.78, 5) is 10.2. The van der Waals surface area contributed by atoms with Crippen molar-refractivity contribution < 1.29 is 24.2 Å². The molecule has 2 nitrogen and oxygen atoms in total. The molecule has 1 N–H and O–H groups in total. The van der Waals surface area contributed by atoms with Crippen LogP contribution in [0.1, 0.15) is 31.2 Å². The van der Waals surface area contributed by atoms with Crippen LogP contribution in [0.5, 0.6) is 0 Å². The van der Waals surface area contributed by atoms with E-state index in [4.69, 9.17) is 0 Å². The van der Waals surface area contributed by atoms with Crippen LogP contribution in [0.4, 0.5) is 19.4 Å². The molecule has 0 heterocycles. The lowest BCUT2D eigenvalue weighted by Gasteiger charge is -2.40. The number of carbonyl (C=O) groups is 1. The Balaban J connectivity index is 1.66. The average molecular weight is 355 g/mol. The summed E-state index contributed by atoms with van der Waals surface area (Å²) in [6, 6.07) is 3.02. The molecule has 8 heteroatoms. The summed E-state index contributed by atoms with van der Waals surface area (Å²) in [5.41, 5.74) is 0.0206. The number of hydrogen-bond acceptors (Lipinski definition) is 1. The zero-order valence-electron chi connectivity index (χ0n) is 12.3. The normalized spacial score (nSPS) is 29.9. The van der Waals surface area contributed by atoms with Crippen molar-refractivity contribution >= 4 is 16.1 Å². The van der Waals surface area contributed by atoms with Gasteiger partial charge in [0, 0.05) is 12.5 Å². The van der Waals surface area contributed by atoms with Crippen molar-refractivity contribution in [3.8, 4) is 0 Å². The third kappa shape index (κ3) is 3.62. The molecule has 1 aromatic rings. The number of rotatable bonds is 4. The lowest BCUT2D eigenvalue weighted by Crippen LogP contribution is -2.33. The third-order valence-corrected chi connectivity index (χ3v) is 6.03. The first kappa shape index (κ1) is 16.5. The fourth-order valence-electron chi connectivity index (χ4n) is 3.78. The fourth-order valence-corrected chi connectivity index (χ4v) is 4.49. The van der Waals surface area contributed by atoms with Crippen LogP contribution in [-0.2, 0) is 11.3 Å². The van der Waals surface area contributed by atoms with Gasteiger partial charge in [-0.2, -0.15) is 0 Å². The second-order valence-corrected chi connectivity index (χ2v) is 9.02. The number of halogens is 5. The number of benzene rings is 1. The van der Waals surface area contributed by atoms with Crippen LogP contribution >= 0.6 is 10.2 Å². The predicted molar refractivity (Wildman–Crippen MR) is 78.6 cm³/mol. The highest BCUT2D eigenvalue weighted by atomic mass is 32.5. The molecule has 1 amide bonds. The first-order chi connectivity index (χ1) is 10.4. The van der Waals surface area contributed by atoms with E-state index in [1.807, 2.05) is 0 Å². The highest BCUT2D eigenvalue weighted by Crippen LogP contribution is 3.02. The summed E-state index contributed by atoms with van der Waals surface area (Å²) < 4.78 is 63.9. The molecule has 0 spiro atoms. The number of hydrogen-bond donors (Lipinski definition) is 1. The van der Waals surface area contributed by atoms with Crippen molar-refractivity contribution in [1.82, 2.24) is 5.32 Å². The summed E-state index contributed by atoms with van der Waals surface area (Å²) in [6.07, 6.45) is 4.02. The Morgan fingerprint density at radius 2 is 1.87 bits per heavy atom. The summed E-state index contributed by atoms with van der Waals surface area (Å²) in [7, 11) is -9.68. The maximum absolute atomic E-state index is 12.8. The molecule has 2 fully saturated rings. The van der Waals surface area contributed by atoms with Gasteiger partial charge in [-0.05, 0) is 48.8 Å². The monoisotopic (exact) mass is 355 g/mol. The van der Waals surface area contributed by atoms with Crippen LogP contribution in [0.3, 0.4) is 0 Å². The van der Waals surface area contributed by atoms with Gasteiger partial charge in [-0.1, -0.05) is 38.0 Å². The van der Waals surface area contributed by atoms with Gasteiger partial charge in [0.05, 0.1) is 0 Å². The Labute approximate surface area is 131 Å². The van der Waals surface area contributed by atoms with E-state index in [9.17, 15) is 24.2 Å². The van der Waals surface area contributed by atoms with Gasteiger partial charge >= 0.3 is 10.2 Å². The van der Waals surface area contributed by atoms with Gasteiger partial charge < -0.3 is 5.32 Å². The topological polar surface area (TPSA) is 29.1 Å². The van der Waals surface area contributed by atoms with E-state index in [2.05, 4.69) is 5.32 Å². The molecule has 3 atom stereocenters. The van der Waals surface area contributed by atoms with E-state index in [1.165, 1.54) is 6.07 Å². The van der Waals surface area contributed by atoms with Crippen molar-refractivity contribution in [3.63, 3.8) is 0 Å². The predicted octanol–water partition coefficient (Wildman–Crippen LogP) is 5.40. The Kier molecular flexibility index (Phi) is 3.32. The minimum atomic E-state index is -9.68. The van der Waals surface area contributed by atoms with E-state index in [1.54, 1.807) is 0 Å². The minimum absolute atomic E-state index is 0.0206. The Morgan fingerprint density at radius 3 is 2.43 bits per heavy atom. The Bertz CT molecular complexity index is 645. The molecule has 23 heavy (non-hydrogen) atoms. The first-order valence-electron chi connectivity index (χ1n) is 7.53. The molecule has 2 aliphatic carbocycles. The molecule has 2 aliphatic rings. The van der Waals surface area contributed by atoms with Crippen LogP contribution in [0, 0.1) is 17.8 Å². The maximum Gasteiger partial charge on any atom is 0.310 e. The summed E-state index contributed by atoms with van der Waals surface area (Å²) in [5, 5.41) is 2.59. The molecule has 3 rings (SSSR count). The van der Waals surface area contributed by atoms with Gasteiger partial charge in [0.2, 0.25) is 5.91 Å². The summed E-state index contributed by atoms with van der Waals surface area (Å²) in [5.74, 6) is 0.658. The van der Waals surface area contributed by atoms with Crippen molar-refractivity contribution in [3.05, 3.63) is 29.8 Å². The van der Waals surface area contributed by atoms with Gasteiger partial charge in [0.1, 0.15) is 4.90 Å². The first-order valence-corrected chi connectivity index (χ1v) is 9.48. The number of carbonyl (C=O) groups excluding carboxylic acids is 1. The standard InChI is InChI=1S/C15H18F5NOS/c16-23(17,18,19,20)13-3-1-2-11(7-13)9-21-15(22)14-8-10-4-5-12(14)6-10/h1-3,7,10,12,14H,4-6,8-9H2,(H,21,22)/t10?,12-,14-/m0/s1. The van der Waals surface area contributed by atoms with Gasteiger partial charge in [-0.25, -0.2) is 0 Å². The molecule has 2 bridgehead atoms. The zero-order valence-corrected chi connectivity index (χ0v) is 13.1. The Morgan fingerprint density at radius 1 is 1.13 bits per heavy atom. The van der Waals surface area contributed by atoms with E-state index >= 15 is 0 Å². The van der Waals surface area contributed by atoms with Crippen molar-refractivity contribution in [1.29, 1.82) is 0 Å². The second kappa shape index (κ2) is 4.62. The molecule has 0 aliphatic heterocycles. The van der Waals surface area contributed by atoms with Crippen molar-refractivity contribution in [2.45, 2.75) is 37.1 Å². The largest absolute Gasteiger partial charge is 0.352 e. The quantitative estimate of drug-likeness (QED) is 0.720. The molecule has 0 aromatic heterocycles. The molecule has 130 valence electrons. The Hall–Kier alpha value is -1.31. The van der Waals surface area contributed by atoms with Gasteiger partial charge in [-0.3, -0.25) is 4.79 Å². The second-order valence-electron chi connectivity index (χ2n) is 6.62. The molecule has 0 saturated heterocycles. The number of fused-ring (bicyclic) bond motifs is 2. The van der Waals surface area contributed by atoms with E-state index in [0.29, 0.717) is 24.0 Å². The molecule has 1 aromatic carbocycles. The van der Waals surface area contributed by atoms with Crippen molar-refractivity contribution in [2.75, 3.05) is 0 Å². The number of amides is 1. The van der Waals surface area contributed by atoms with Crippen LogP contribution in [-0.4, -0.2) is 5.91 Å². The minimum Gasteiger partial charge on any atom is -0.352 e. The van der Waals surface area contributed by atoms with Gasteiger partial charge in [-0.15, -0.1) is 0 Å². The van der Waals surface area contributed by atoms with Crippen LogP contribution in [0.2, 0.25) is 0 Å². The number of nitrogens with one attached hydrogen (secondary N) is 1. The molecular weight excluding hydrogens is 337 g/mol. The average Bonchev–Trinajstić information content (AvgIpc) is 3.05. The highest BCUT2D eigenvalue weighted by Gasteiger charge is 2.65. The van der Waals surface area contributed by atoms with Gasteiger partial charge in [0.25, 0.3) is 0 Å². The third-order valence-electron chi connectivity index (χ3n) is 4.89. The molecular formula is C15H18F5NOS. The molecule has 0 radical (unpaired) electrons. The van der Waals surface area contributed by atoms with E-state index in [0.717, 1.165) is 31.7 Å². The molecule has 2 saturated carbocycles. The van der Waals surface area contributed by atoms with E-state index < -0.39 is 15.1 Å². The van der Waals surface area contributed by atoms with Crippen molar-refractivity contribution in [2.24, 2.45) is 17.8 Å². The SMILES string of the molecule is O=C(NCc1cccc(S(F)(F)(F)(F)F)c1)[C@H]1CC2CC[C@H]1C2. The fraction of sp³-hybridized carbons (Fsp3) is 0.533. The van der Waals surface area contributed by atoms with Gasteiger partial charge in [0.15, 0.2) is 0 Å².